The first-order valence-electron chi connectivity index (χ1n) is 10.4. The van der Waals surface area contributed by atoms with Gasteiger partial charge in [-0.15, -0.1) is 0 Å². The molecule has 0 aromatic rings. The van der Waals surface area contributed by atoms with Crippen LogP contribution in [0.5, 0.6) is 0 Å². The topological polar surface area (TPSA) is 234 Å². The fourth-order valence-electron chi connectivity index (χ4n) is 3.56. The number of phosphoric acid groups is 2. The van der Waals surface area contributed by atoms with E-state index in [2.05, 4.69) is 37.9 Å². The van der Waals surface area contributed by atoms with Gasteiger partial charge in [0.05, 0.1) is 30.7 Å². The molecule has 2 fully saturated rings. The highest BCUT2D eigenvalue weighted by atomic mass is 32.1. The number of carbonyl (C=O) groups excluding carboxylic acids is 1. The lowest BCUT2D eigenvalue weighted by molar-refractivity contribution is -0.241. The maximum Gasteiger partial charge on any atom is 0.483 e. The van der Waals surface area contributed by atoms with Crippen molar-refractivity contribution in [2.24, 2.45) is 0 Å². The van der Waals surface area contributed by atoms with Gasteiger partial charge in [0.1, 0.15) is 30.4 Å². The zero-order valence-electron chi connectivity index (χ0n) is 18.8. The summed E-state index contributed by atoms with van der Waals surface area (Å²) < 4.78 is 48.6. The van der Waals surface area contributed by atoms with Gasteiger partial charge >= 0.3 is 15.6 Å². The van der Waals surface area contributed by atoms with E-state index in [0.29, 0.717) is 5.57 Å². The van der Waals surface area contributed by atoms with E-state index in [0.717, 1.165) is 0 Å². The molecule has 10 atom stereocenters. The van der Waals surface area contributed by atoms with Crippen LogP contribution < -0.4 is 5.32 Å². The molecule has 2 saturated heterocycles. The van der Waals surface area contributed by atoms with E-state index < -0.39 is 77.1 Å². The second-order valence-corrected chi connectivity index (χ2v) is 11.8. The zero-order valence-corrected chi connectivity index (χ0v) is 21.4. The van der Waals surface area contributed by atoms with Gasteiger partial charge in [0.15, 0.2) is 6.29 Å². The van der Waals surface area contributed by atoms with Crippen LogP contribution in [0, 0.1) is 0 Å². The number of thiol groups is 1. The third-order valence-corrected chi connectivity index (χ3v) is 8.68. The Kier molecular flexibility index (Phi) is 9.46. The number of aliphatic hydroxyl groups excluding tert-OH is 4. The van der Waals surface area contributed by atoms with E-state index in [1.54, 1.807) is 6.92 Å². The summed E-state index contributed by atoms with van der Waals surface area (Å²) in [6, 6.07) is 0. The van der Waals surface area contributed by atoms with Crippen molar-refractivity contribution in [2.45, 2.75) is 61.6 Å². The first kappa shape index (κ1) is 29.7. The lowest BCUT2D eigenvalue weighted by Gasteiger charge is -2.40. The molecule has 3 heterocycles. The molecule has 0 aliphatic carbocycles. The van der Waals surface area contributed by atoms with Gasteiger partial charge in [-0.05, 0) is 6.92 Å². The SMILES string of the molecule is C=C1NC(=O)C(C)=CN1[C@H]1CC(O)[C@@H](COP(=O)(O)OP(=O)(O)O[C@@H]2OC(CO)[C@H](O)[C@H](S)C2O)O1. The van der Waals surface area contributed by atoms with Gasteiger partial charge in [0.25, 0.3) is 5.91 Å². The number of ether oxygens (including phenoxy) is 2. The Hall–Kier alpha value is -0.880. The van der Waals surface area contributed by atoms with Crippen LogP contribution in [-0.2, 0) is 36.8 Å². The molecule has 3 aliphatic rings. The third-order valence-electron chi connectivity index (χ3n) is 5.47. The van der Waals surface area contributed by atoms with Crippen molar-refractivity contribution in [1.82, 2.24) is 10.2 Å². The third kappa shape index (κ3) is 6.95. The molecule has 0 saturated carbocycles. The lowest BCUT2D eigenvalue weighted by atomic mass is 10.0. The Balaban J connectivity index is 1.56. The van der Waals surface area contributed by atoms with Gasteiger partial charge in [-0.25, -0.2) is 9.13 Å². The van der Waals surface area contributed by atoms with Crippen LogP contribution >= 0.6 is 28.3 Å². The molecule has 3 rings (SSSR count). The average Bonchev–Trinajstić information content (AvgIpc) is 3.14. The number of nitrogens with zero attached hydrogens (tertiary/aromatic N) is 1. The van der Waals surface area contributed by atoms with Gasteiger partial charge in [0, 0.05) is 18.2 Å². The molecule has 206 valence electrons. The highest BCUT2D eigenvalue weighted by Crippen LogP contribution is 2.61. The summed E-state index contributed by atoms with van der Waals surface area (Å²) in [6.07, 6.45) is -8.22. The van der Waals surface area contributed by atoms with E-state index in [1.807, 2.05) is 0 Å². The monoisotopic (exact) mass is 578 g/mol. The van der Waals surface area contributed by atoms with Gasteiger partial charge < -0.3 is 49.9 Å². The second-order valence-electron chi connectivity index (χ2n) is 8.17. The van der Waals surface area contributed by atoms with Crippen LogP contribution in [0.1, 0.15) is 13.3 Å². The Morgan fingerprint density at radius 1 is 1.19 bits per heavy atom. The van der Waals surface area contributed by atoms with Gasteiger partial charge in [-0.3, -0.25) is 13.8 Å². The van der Waals surface area contributed by atoms with Crippen LogP contribution in [0.25, 0.3) is 0 Å². The van der Waals surface area contributed by atoms with Crippen LogP contribution in [0.3, 0.4) is 0 Å². The molecule has 1 amide bonds. The van der Waals surface area contributed by atoms with E-state index >= 15 is 0 Å². The van der Waals surface area contributed by atoms with Crippen LogP contribution in [0.15, 0.2) is 24.2 Å². The summed E-state index contributed by atoms with van der Waals surface area (Å²) in [6.45, 7) is 3.74. The standard InChI is InChI=1S/C17H28N2O14P2S/c1-7-4-19(8(2)18-16(7)24)12-3-9(21)11(30-12)6-29-34(25,26)33-35(27,28)32-17-14(23)15(36)13(22)10(5-20)31-17/h4,9-15,17,20-23,36H,2-3,5-6H2,1H3,(H,18,24)(H,25,26)(H,27,28)/t9?,10?,11-,12-,13+,14?,15+,17+/m1/s1. The number of rotatable bonds is 9. The summed E-state index contributed by atoms with van der Waals surface area (Å²) in [4.78, 5) is 32.9. The summed E-state index contributed by atoms with van der Waals surface area (Å²) in [5.41, 5.74) is 0.350. The predicted octanol–water partition coefficient (Wildman–Crippen LogP) is -1.74. The van der Waals surface area contributed by atoms with Crippen molar-refractivity contribution in [2.75, 3.05) is 13.2 Å². The molecule has 0 aromatic heterocycles. The summed E-state index contributed by atoms with van der Waals surface area (Å²) in [7, 11) is -10.7. The summed E-state index contributed by atoms with van der Waals surface area (Å²) in [5.74, 6) is -0.173. The van der Waals surface area contributed by atoms with Gasteiger partial charge in [0.2, 0.25) is 0 Å². The van der Waals surface area contributed by atoms with Crippen LogP contribution in [0.4, 0.5) is 0 Å². The van der Waals surface area contributed by atoms with E-state index in [1.165, 1.54) is 11.1 Å². The molecule has 0 aromatic carbocycles. The zero-order chi connectivity index (χ0) is 27.0. The van der Waals surface area contributed by atoms with Crippen molar-refractivity contribution in [3.63, 3.8) is 0 Å². The van der Waals surface area contributed by atoms with E-state index in [9.17, 15) is 44.1 Å². The lowest BCUT2D eigenvalue weighted by Crippen LogP contribution is -2.56. The van der Waals surface area contributed by atoms with Crippen LogP contribution in [-0.4, -0.2) is 103 Å². The molecule has 0 radical (unpaired) electrons. The average molecular weight is 578 g/mol. The fraction of sp³-hybridized carbons (Fsp3) is 0.706. The number of hydrogen-bond donors (Lipinski definition) is 8. The van der Waals surface area contributed by atoms with E-state index in [4.69, 9.17) is 9.47 Å². The van der Waals surface area contributed by atoms with Crippen molar-refractivity contribution in [1.29, 1.82) is 0 Å². The molecule has 19 heteroatoms. The molecule has 7 N–H and O–H groups in total. The minimum atomic E-state index is -5.43. The largest absolute Gasteiger partial charge is 0.483 e. The van der Waals surface area contributed by atoms with Crippen molar-refractivity contribution >= 4 is 34.2 Å². The Morgan fingerprint density at radius 3 is 2.50 bits per heavy atom. The minimum Gasteiger partial charge on any atom is -0.394 e. The number of amides is 1. The molecule has 3 aliphatic heterocycles. The van der Waals surface area contributed by atoms with E-state index in [-0.39, 0.29) is 18.1 Å². The fourth-order valence-corrected chi connectivity index (χ4v) is 6.05. The van der Waals surface area contributed by atoms with Crippen molar-refractivity contribution in [3.05, 3.63) is 24.2 Å². The number of phosphoric ester groups is 2. The summed E-state index contributed by atoms with van der Waals surface area (Å²) >= 11 is 3.93. The molecule has 5 unspecified atom stereocenters. The maximum absolute atomic E-state index is 12.3. The highest BCUT2D eigenvalue weighted by molar-refractivity contribution is 7.81. The smallest absolute Gasteiger partial charge is 0.394 e. The molecule has 16 nitrogen and oxygen atoms in total. The quantitative estimate of drug-likeness (QED) is 0.112. The summed E-state index contributed by atoms with van der Waals surface area (Å²) in [5, 5.41) is 40.6. The first-order chi connectivity index (χ1) is 16.6. The van der Waals surface area contributed by atoms with Crippen LogP contribution in [0.2, 0.25) is 0 Å². The Bertz CT molecular complexity index is 981. The normalized spacial score (nSPS) is 38.8. The van der Waals surface area contributed by atoms with Gasteiger partial charge in [-0.2, -0.15) is 16.9 Å². The molecule has 0 spiro atoms. The number of aliphatic hydroxyl groups is 4. The minimum absolute atomic E-state index is 0.00453. The van der Waals surface area contributed by atoms with Crippen molar-refractivity contribution < 1.29 is 67.0 Å². The molecule has 0 bridgehead atoms. The second kappa shape index (κ2) is 11.5. The number of carbonyl (C=O) groups is 1. The Morgan fingerprint density at radius 2 is 1.86 bits per heavy atom. The maximum atomic E-state index is 12.3. The number of hydrogen-bond acceptors (Lipinski definition) is 14. The Labute approximate surface area is 210 Å². The van der Waals surface area contributed by atoms with Crippen molar-refractivity contribution in [3.8, 4) is 0 Å². The van der Waals surface area contributed by atoms with Gasteiger partial charge in [-0.1, -0.05) is 6.58 Å². The highest BCUT2D eigenvalue weighted by Gasteiger charge is 2.48. The molecule has 36 heavy (non-hydrogen) atoms. The number of nitrogens with one attached hydrogen (secondary N) is 1. The molecular weight excluding hydrogens is 550 g/mol. The predicted molar refractivity (Wildman–Crippen MR) is 120 cm³/mol. The molecular formula is C17H28N2O14P2S. The first-order valence-corrected chi connectivity index (χ1v) is 14.0.